The van der Waals surface area contributed by atoms with Crippen LogP contribution in [0.3, 0.4) is 0 Å². The van der Waals surface area contributed by atoms with Crippen LogP contribution in [0.25, 0.3) is 0 Å². The Morgan fingerprint density at radius 2 is 1.71 bits per heavy atom. The smallest absolute Gasteiger partial charge is 0.135 e. The lowest BCUT2D eigenvalue weighted by atomic mass is 9.93. The first-order chi connectivity index (χ1) is 8.17. The standard InChI is InChI=1S/C15H23NO/c1-3-12(4-2)10-14(17)11-15(16)13-8-6-5-7-9-13/h5-9,12,15H,3-4,10-11,16H2,1-2H3. The van der Waals surface area contributed by atoms with Crippen LogP contribution in [0, 0.1) is 5.92 Å². The molecule has 0 spiro atoms. The summed E-state index contributed by atoms with van der Waals surface area (Å²) in [6.07, 6.45) is 3.28. The Balaban J connectivity index is 2.46. The van der Waals surface area contributed by atoms with Crippen molar-refractivity contribution in [3.63, 3.8) is 0 Å². The maximum absolute atomic E-state index is 11.9. The molecule has 0 aliphatic carbocycles. The maximum Gasteiger partial charge on any atom is 0.135 e. The largest absolute Gasteiger partial charge is 0.324 e. The van der Waals surface area contributed by atoms with E-state index in [1.807, 2.05) is 30.3 Å². The molecule has 0 aliphatic heterocycles. The molecule has 0 fully saturated rings. The molecule has 1 aromatic carbocycles. The molecule has 0 aromatic heterocycles. The Bertz CT molecular complexity index is 330. The number of carbonyl (C=O) groups excluding carboxylic acids is 1. The molecule has 1 aromatic rings. The van der Waals surface area contributed by atoms with Gasteiger partial charge in [-0.15, -0.1) is 0 Å². The van der Waals surface area contributed by atoms with Crippen molar-refractivity contribution in [3.8, 4) is 0 Å². The van der Waals surface area contributed by atoms with Crippen LogP contribution in [0.5, 0.6) is 0 Å². The monoisotopic (exact) mass is 233 g/mol. The topological polar surface area (TPSA) is 43.1 Å². The first-order valence-corrected chi connectivity index (χ1v) is 6.49. The first-order valence-electron chi connectivity index (χ1n) is 6.49. The summed E-state index contributed by atoms with van der Waals surface area (Å²) in [6, 6.07) is 9.69. The van der Waals surface area contributed by atoms with Gasteiger partial charge in [0.05, 0.1) is 0 Å². The summed E-state index contributed by atoms with van der Waals surface area (Å²) in [4.78, 5) is 11.9. The van der Waals surface area contributed by atoms with Crippen LogP contribution in [-0.2, 0) is 4.79 Å². The number of hydrogen-bond acceptors (Lipinski definition) is 2. The van der Waals surface area contributed by atoms with Crippen LogP contribution in [0.1, 0.15) is 51.1 Å². The molecule has 1 atom stereocenters. The van der Waals surface area contributed by atoms with Crippen LogP contribution in [0.2, 0.25) is 0 Å². The van der Waals surface area contributed by atoms with E-state index in [2.05, 4.69) is 13.8 Å². The van der Waals surface area contributed by atoms with Crippen molar-refractivity contribution in [3.05, 3.63) is 35.9 Å². The van der Waals surface area contributed by atoms with E-state index < -0.39 is 0 Å². The Hall–Kier alpha value is -1.15. The highest BCUT2D eigenvalue weighted by molar-refractivity contribution is 5.79. The summed E-state index contributed by atoms with van der Waals surface area (Å²) in [5.74, 6) is 0.806. The summed E-state index contributed by atoms with van der Waals surface area (Å²) in [5, 5.41) is 0. The molecular weight excluding hydrogens is 210 g/mol. The van der Waals surface area contributed by atoms with Crippen molar-refractivity contribution in [1.29, 1.82) is 0 Å². The highest BCUT2D eigenvalue weighted by Gasteiger charge is 2.14. The minimum absolute atomic E-state index is 0.155. The van der Waals surface area contributed by atoms with Gasteiger partial charge in [0, 0.05) is 18.9 Å². The predicted molar refractivity (Wildman–Crippen MR) is 71.7 cm³/mol. The Kier molecular flexibility index (Phi) is 5.92. The van der Waals surface area contributed by atoms with E-state index in [0.29, 0.717) is 18.8 Å². The minimum atomic E-state index is -0.155. The van der Waals surface area contributed by atoms with Gasteiger partial charge in [0.1, 0.15) is 5.78 Å². The summed E-state index contributed by atoms with van der Waals surface area (Å²) in [5.41, 5.74) is 7.08. The van der Waals surface area contributed by atoms with E-state index in [1.165, 1.54) is 0 Å². The number of nitrogens with two attached hydrogens (primary N) is 1. The second kappa shape index (κ2) is 7.23. The number of hydrogen-bond donors (Lipinski definition) is 1. The third kappa shape index (κ3) is 4.70. The minimum Gasteiger partial charge on any atom is -0.324 e. The SMILES string of the molecule is CCC(CC)CC(=O)CC(N)c1ccccc1. The van der Waals surface area contributed by atoms with E-state index in [1.54, 1.807) is 0 Å². The van der Waals surface area contributed by atoms with E-state index in [0.717, 1.165) is 18.4 Å². The van der Waals surface area contributed by atoms with Gasteiger partial charge in [-0.1, -0.05) is 57.0 Å². The van der Waals surface area contributed by atoms with E-state index >= 15 is 0 Å². The zero-order valence-corrected chi connectivity index (χ0v) is 10.9. The summed E-state index contributed by atoms with van der Waals surface area (Å²) >= 11 is 0. The fraction of sp³-hybridized carbons (Fsp3) is 0.533. The van der Waals surface area contributed by atoms with Crippen LogP contribution < -0.4 is 5.73 Å². The molecule has 94 valence electrons. The van der Waals surface area contributed by atoms with Gasteiger partial charge in [0.25, 0.3) is 0 Å². The van der Waals surface area contributed by atoms with Crippen molar-refractivity contribution in [2.45, 2.75) is 45.6 Å². The molecule has 1 rings (SSSR count). The van der Waals surface area contributed by atoms with Gasteiger partial charge in [-0.25, -0.2) is 0 Å². The zero-order chi connectivity index (χ0) is 12.7. The fourth-order valence-electron chi connectivity index (χ4n) is 2.05. The molecular formula is C15H23NO. The average molecular weight is 233 g/mol. The van der Waals surface area contributed by atoms with Gasteiger partial charge in [-0.3, -0.25) is 4.79 Å². The Labute approximate surface area is 104 Å². The Morgan fingerprint density at radius 3 is 2.24 bits per heavy atom. The quantitative estimate of drug-likeness (QED) is 0.783. The molecule has 2 nitrogen and oxygen atoms in total. The van der Waals surface area contributed by atoms with Gasteiger partial charge >= 0.3 is 0 Å². The van der Waals surface area contributed by atoms with Crippen molar-refractivity contribution in [2.75, 3.05) is 0 Å². The first kappa shape index (κ1) is 13.9. The van der Waals surface area contributed by atoms with Crippen LogP contribution in [-0.4, -0.2) is 5.78 Å². The van der Waals surface area contributed by atoms with Crippen molar-refractivity contribution in [1.82, 2.24) is 0 Å². The molecule has 0 heterocycles. The maximum atomic E-state index is 11.9. The lowest BCUT2D eigenvalue weighted by molar-refractivity contribution is -0.120. The second-order valence-electron chi connectivity index (χ2n) is 4.65. The van der Waals surface area contributed by atoms with E-state index in [-0.39, 0.29) is 11.8 Å². The highest BCUT2D eigenvalue weighted by Crippen LogP contribution is 2.19. The van der Waals surface area contributed by atoms with Gasteiger partial charge in [0.2, 0.25) is 0 Å². The van der Waals surface area contributed by atoms with Crippen molar-refractivity contribution in [2.24, 2.45) is 11.7 Å². The van der Waals surface area contributed by atoms with Gasteiger partial charge in [-0.2, -0.15) is 0 Å². The lowest BCUT2D eigenvalue weighted by Crippen LogP contribution is -2.17. The van der Waals surface area contributed by atoms with Crippen LogP contribution in [0.15, 0.2) is 30.3 Å². The predicted octanol–water partition coefficient (Wildman–Crippen LogP) is 3.47. The fourth-order valence-corrected chi connectivity index (χ4v) is 2.05. The average Bonchev–Trinajstić information content (AvgIpc) is 2.37. The second-order valence-corrected chi connectivity index (χ2v) is 4.65. The van der Waals surface area contributed by atoms with Gasteiger partial charge in [-0.05, 0) is 11.5 Å². The van der Waals surface area contributed by atoms with Gasteiger partial charge in [0.15, 0.2) is 0 Å². The van der Waals surface area contributed by atoms with Crippen molar-refractivity contribution >= 4 is 5.78 Å². The van der Waals surface area contributed by atoms with Crippen LogP contribution >= 0.6 is 0 Å². The number of Topliss-reactive ketones (excluding diaryl/α,β-unsaturated/α-hetero) is 1. The van der Waals surface area contributed by atoms with E-state index in [9.17, 15) is 4.79 Å². The molecule has 0 saturated carbocycles. The number of rotatable bonds is 7. The lowest BCUT2D eigenvalue weighted by Gasteiger charge is -2.14. The van der Waals surface area contributed by atoms with Crippen LogP contribution in [0.4, 0.5) is 0 Å². The molecule has 0 aliphatic rings. The third-order valence-corrected chi connectivity index (χ3v) is 3.35. The molecule has 2 heteroatoms. The molecule has 1 unspecified atom stereocenters. The normalized spacial score (nSPS) is 12.7. The van der Waals surface area contributed by atoms with E-state index in [4.69, 9.17) is 5.73 Å². The third-order valence-electron chi connectivity index (χ3n) is 3.35. The van der Waals surface area contributed by atoms with Crippen molar-refractivity contribution < 1.29 is 4.79 Å². The molecule has 0 bridgehead atoms. The highest BCUT2D eigenvalue weighted by atomic mass is 16.1. The van der Waals surface area contributed by atoms with Gasteiger partial charge < -0.3 is 5.73 Å². The zero-order valence-electron chi connectivity index (χ0n) is 10.9. The Morgan fingerprint density at radius 1 is 1.12 bits per heavy atom. The summed E-state index contributed by atoms with van der Waals surface area (Å²) in [6.45, 7) is 4.27. The molecule has 2 N–H and O–H groups in total. The summed E-state index contributed by atoms with van der Waals surface area (Å²) in [7, 11) is 0. The number of ketones is 1. The molecule has 0 radical (unpaired) electrons. The number of carbonyl (C=O) groups is 1. The molecule has 0 amide bonds. The molecule has 17 heavy (non-hydrogen) atoms. The molecule has 0 saturated heterocycles. The number of benzene rings is 1. The summed E-state index contributed by atoms with van der Waals surface area (Å²) < 4.78 is 0.